The molecule has 0 radical (unpaired) electrons. The van der Waals surface area contributed by atoms with E-state index in [1.807, 2.05) is 0 Å². The minimum atomic E-state index is -1.26. The third-order valence-electron chi connectivity index (χ3n) is 5.31. The fourth-order valence-corrected chi connectivity index (χ4v) is 3.89. The standard InChI is InChI=1S/C22H28Cl2N2O6.C4H4O4/c1-5-32-21(28)18-15(9-31-11-22(3,29)10-25)26-12(2)16(20(27)30-4)17(18)13-7-6-8-14(23)19(13)24;5-3(6)1-2-4(7)8/h6-8,17,26,29H,5,9-11,25H2,1-4H3;1-2H,(H,5,6)(H,7,8). The van der Waals surface area contributed by atoms with Gasteiger partial charge in [0.05, 0.1) is 65.3 Å². The molecule has 40 heavy (non-hydrogen) atoms. The van der Waals surface area contributed by atoms with E-state index < -0.39 is 35.4 Å². The third kappa shape index (κ3) is 9.96. The minimum absolute atomic E-state index is 0.00359. The zero-order valence-corrected chi connectivity index (χ0v) is 23.8. The lowest BCUT2D eigenvalue weighted by Crippen LogP contribution is -2.40. The van der Waals surface area contributed by atoms with E-state index in [0.29, 0.717) is 29.1 Å². The molecular formula is C26H32Cl2N2O10. The highest BCUT2D eigenvalue weighted by Gasteiger charge is 2.40. The Morgan fingerprint density at radius 3 is 2.20 bits per heavy atom. The van der Waals surface area contributed by atoms with E-state index in [9.17, 15) is 24.3 Å². The zero-order valence-electron chi connectivity index (χ0n) is 22.3. The van der Waals surface area contributed by atoms with E-state index in [0.717, 1.165) is 0 Å². The van der Waals surface area contributed by atoms with Crippen molar-refractivity contribution in [1.29, 1.82) is 0 Å². The predicted molar refractivity (Wildman–Crippen MR) is 146 cm³/mol. The van der Waals surface area contributed by atoms with Gasteiger partial charge in [0.15, 0.2) is 0 Å². The maximum absolute atomic E-state index is 13.1. The molecule has 1 aliphatic heterocycles. The van der Waals surface area contributed by atoms with Crippen molar-refractivity contribution in [3.8, 4) is 0 Å². The van der Waals surface area contributed by atoms with Crippen LogP contribution in [0.2, 0.25) is 10.0 Å². The molecule has 1 aliphatic rings. The van der Waals surface area contributed by atoms with Crippen LogP contribution in [-0.2, 0) is 33.4 Å². The van der Waals surface area contributed by atoms with E-state index in [1.54, 1.807) is 32.0 Å². The van der Waals surface area contributed by atoms with Crippen molar-refractivity contribution in [3.63, 3.8) is 0 Å². The number of methoxy groups -OCH3 is 1. The van der Waals surface area contributed by atoms with Crippen LogP contribution in [-0.4, -0.2) is 78.3 Å². The van der Waals surface area contributed by atoms with Crippen LogP contribution in [0, 0.1) is 0 Å². The number of hydrogen-bond donors (Lipinski definition) is 5. The number of carbonyl (C=O) groups excluding carboxylic acids is 2. The number of benzene rings is 1. The summed E-state index contributed by atoms with van der Waals surface area (Å²) in [6.07, 6.45) is 1.12. The summed E-state index contributed by atoms with van der Waals surface area (Å²) < 4.78 is 15.9. The first-order valence-electron chi connectivity index (χ1n) is 11.7. The summed E-state index contributed by atoms with van der Waals surface area (Å²) in [6, 6.07) is 4.96. The summed E-state index contributed by atoms with van der Waals surface area (Å²) in [4.78, 5) is 44.9. The summed E-state index contributed by atoms with van der Waals surface area (Å²) >= 11 is 12.7. The van der Waals surface area contributed by atoms with Crippen LogP contribution in [0.25, 0.3) is 0 Å². The van der Waals surface area contributed by atoms with Crippen LogP contribution in [0.15, 0.2) is 52.9 Å². The van der Waals surface area contributed by atoms with Crippen molar-refractivity contribution >= 4 is 47.1 Å². The summed E-state index contributed by atoms with van der Waals surface area (Å²) in [5.74, 6) is -4.72. The topological polar surface area (TPSA) is 195 Å². The van der Waals surface area contributed by atoms with Crippen molar-refractivity contribution in [1.82, 2.24) is 5.32 Å². The van der Waals surface area contributed by atoms with Crippen molar-refractivity contribution in [2.75, 3.05) is 33.5 Å². The SMILES string of the molecule is CCOC(=O)C1=C(COCC(C)(O)CN)NC(C)=C(C(=O)OC)C1c1cccc(Cl)c1Cl.O=C(O)C=CC(=O)O. The van der Waals surface area contributed by atoms with Crippen LogP contribution in [0.4, 0.5) is 0 Å². The number of esters is 2. The molecule has 12 nitrogen and oxygen atoms in total. The number of aliphatic carboxylic acids is 2. The van der Waals surface area contributed by atoms with Gasteiger partial charge in [-0.25, -0.2) is 19.2 Å². The molecule has 0 saturated carbocycles. The molecule has 220 valence electrons. The molecule has 14 heteroatoms. The summed E-state index contributed by atoms with van der Waals surface area (Å²) in [5, 5.41) is 29.3. The molecule has 2 rings (SSSR count). The Labute approximate surface area is 241 Å². The summed E-state index contributed by atoms with van der Waals surface area (Å²) in [6.45, 7) is 4.85. The van der Waals surface area contributed by atoms with Crippen LogP contribution < -0.4 is 11.1 Å². The van der Waals surface area contributed by atoms with E-state index in [4.69, 9.17) is 53.4 Å². The first kappa shape index (κ1) is 34.6. The number of nitrogens with one attached hydrogen (secondary N) is 1. The van der Waals surface area contributed by atoms with Crippen molar-refractivity contribution in [3.05, 3.63) is 68.5 Å². The number of nitrogens with two attached hydrogens (primary N) is 1. The van der Waals surface area contributed by atoms with Crippen LogP contribution in [0.3, 0.4) is 0 Å². The van der Waals surface area contributed by atoms with Gasteiger partial charge in [-0.15, -0.1) is 0 Å². The smallest absolute Gasteiger partial charge is 0.336 e. The number of dihydropyridines is 1. The Bertz CT molecular complexity index is 1190. The lowest BCUT2D eigenvalue weighted by molar-refractivity contribution is -0.139. The Hall–Kier alpha value is -3.42. The van der Waals surface area contributed by atoms with Gasteiger partial charge in [-0.2, -0.15) is 0 Å². The summed E-state index contributed by atoms with van der Waals surface area (Å²) in [7, 11) is 1.25. The van der Waals surface area contributed by atoms with Crippen LogP contribution in [0.5, 0.6) is 0 Å². The maximum atomic E-state index is 13.1. The Morgan fingerprint density at radius 2 is 1.70 bits per heavy atom. The fraction of sp³-hybridized carbons (Fsp3) is 0.385. The second-order valence-corrected chi connectivity index (χ2v) is 9.33. The van der Waals surface area contributed by atoms with Gasteiger partial charge in [-0.1, -0.05) is 35.3 Å². The third-order valence-corrected chi connectivity index (χ3v) is 6.14. The van der Waals surface area contributed by atoms with E-state index >= 15 is 0 Å². The van der Waals surface area contributed by atoms with Crippen LogP contribution >= 0.6 is 23.2 Å². The highest BCUT2D eigenvalue weighted by atomic mass is 35.5. The number of ether oxygens (including phenoxy) is 3. The number of carboxylic acid groups (broad SMARTS) is 2. The van der Waals surface area contributed by atoms with Crippen LogP contribution in [0.1, 0.15) is 32.3 Å². The molecule has 0 aromatic heterocycles. The second kappa shape index (κ2) is 16.0. The second-order valence-electron chi connectivity index (χ2n) is 8.55. The molecule has 1 aromatic carbocycles. The van der Waals surface area contributed by atoms with Crippen molar-refractivity contribution in [2.45, 2.75) is 32.3 Å². The van der Waals surface area contributed by atoms with Gasteiger partial charge in [0.1, 0.15) is 0 Å². The molecule has 0 saturated heterocycles. The normalized spacial score (nSPS) is 16.4. The van der Waals surface area contributed by atoms with Gasteiger partial charge in [0, 0.05) is 24.4 Å². The van der Waals surface area contributed by atoms with Gasteiger partial charge in [0.25, 0.3) is 0 Å². The van der Waals surface area contributed by atoms with E-state index in [-0.39, 0.29) is 47.6 Å². The van der Waals surface area contributed by atoms with E-state index in [2.05, 4.69) is 5.32 Å². The predicted octanol–water partition coefficient (Wildman–Crippen LogP) is 2.38. The maximum Gasteiger partial charge on any atom is 0.336 e. The first-order valence-corrected chi connectivity index (χ1v) is 12.5. The number of rotatable bonds is 11. The number of carbonyl (C=O) groups is 4. The highest BCUT2D eigenvalue weighted by molar-refractivity contribution is 6.42. The fourth-order valence-electron chi connectivity index (χ4n) is 3.47. The molecule has 1 aromatic rings. The van der Waals surface area contributed by atoms with Gasteiger partial charge in [-0.3, -0.25) is 0 Å². The van der Waals surface area contributed by atoms with Gasteiger partial charge >= 0.3 is 23.9 Å². The quantitative estimate of drug-likeness (QED) is 0.183. The van der Waals surface area contributed by atoms with Gasteiger partial charge < -0.3 is 40.6 Å². The number of halogens is 2. The number of carboxylic acids is 2. The highest BCUT2D eigenvalue weighted by Crippen LogP contribution is 2.43. The number of hydrogen-bond acceptors (Lipinski definition) is 10. The molecule has 0 spiro atoms. The lowest BCUT2D eigenvalue weighted by Gasteiger charge is -2.32. The number of aliphatic hydroxyl groups is 1. The van der Waals surface area contributed by atoms with E-state index in [1.165, 1.54) is 14.0 Å². The molecule has 6 N–H and O–H groups in total. The molecule has 1 heterocycles. The molecular weight excluding hydrogens is 571 g/mol. The van der Waals surface area contributed by atoms with Gasteiger partial charge in [-0.05, 0) is 32.4 Å². The Balaban J connectivity index is 0.000000869. The number of allylic oxidation sites excluding steroid dienone is 1. The molecule has 2 unspecified atom stereocenters. The zero-order chi connectivity index (χ0) is 30.6. The lowest BCUT2D eigenvalue weighted by atomic mass is 9.80. The molecule has 0 amide bonds. The largest absolute Gasteiger partial charge is 0.478 e. The molecule has 0 fully saturated rings. The molecule has 0 bridgehead atoms. The first-order chi connectivity index (χ1) is 18.7. The summed E-state index contributed by atoms with van der Waals surface area (Å²) in [5.41, 5.74) is 5.88. The average Bonchev–Trinajstić information content (AvgIpc) is 2.88. The van der Waals surface area contributed by atoms with Crippen molar-refractivity contribution in [2.24, 2.45) is 5.73 Å². The van der Waals surface area contributed by atoms with Gasteiger partial charge in [0.2, 0.25) is 0 Å². The van der Waals surface area contributed by atoms with Crippen molar-refractivity contribution < 1.29 is 48.7 Å². The molecule has 2 atom stereocenters. The Kier molecular flexibility index (Phi) is 13.8. The Morgan fingerprint density at radius 1 is 1.10 bits per heavy atom. The average molecular weight is 603 g/mol. The molecule has 0 aliphatic carbocycles. The monoisotopic (exact) mass is 602 g/mol. The minimum Gasteiger partial charge on any atom is -0.478 e.